The van der Waals surface area contributed by atoms with E-state index in [1.54, 1.807) is 0 Å². The lowest BCUT2D eigenvalue weighted by Crippen LogP contribution is -2.60. The molecule has 0 bridgehead atoms. The number of hydrogen-bond acceptors (Lipinski definition) is 4. The van der Waals surface area contributed by atoms with Crippen molar-refractivity contribution in [1.82, 2.24) is 9.80 Å². The Kier molecular flexibility index (Phi) is 2.79. The first-order valence-electron chi connectivity index (χ1n) is 9.81. The third kappa shape index (κ3) is 1.47. The lowest BCUT2D eigenvalue weighted by Gasteiger charge is -2.48. The maximum Gasteiger partial charge on any atom is 0.0901 e. The number of para-hydroxylation sites is 2. The molecule has 2 N–H and O–H groups in total. The fraction of sp³-hybridized carbons (Fsp3) is 0.455. The summed E-state index contributed by atoms with van der Waals surface area (Å²) >= 11 is 0. The van der Waals surface area contributed by atoms with Crippen molar-refractivity contribution in [2.75, 3.05) is 37.8 Å². The van der Waals surface area contributed by atoms with Crippen molar-refractivity contribution >= 4 is 11.4 Å². The van der Waals surface area contributed by atoms with E-state index in [9.17, 15) is 0 Å². The lowest BCUT2D eigenvalue weighted by molar-refractivity contribution is 0.147. The molecule has 2 aromatic rings. The second-order valence-corrected chi connectivity index (χ2v) is 8.59. The highest BCUT2D eigenvalue weighted by atomic mass is 15.4. The number of nitrogens with zero attached hydrogens (tertiary/aromatic N) is 2. The van der Waals surface area contributed by atoms with Gasteiger partial charge in [0.05, 0.1) is 12.3 Å². The standard InChI is InChI=1S/C22H26N4/c1-25-13-11-21(15-7-3-5-9-17(15)23-19(21)25)22-12-14-26(2)20(22)24-18-10-6-4-8-16(18)22/h3-10,19-20,23-24H,11-14H2,1-2H3/t19-,20-,21-,22-/m1/s1. The van der Waals surface area contributed by atoms with Crippen LogP contribution in [0.3, 0.4) is 0 Å². The smallest absolute Gasteiger partial charge is 0.0901 e. The molecule has 134 valence electrons. The van der Waals surface area contributed by atoms with Crippen LogP contribution in [0.4, 0.5) is 11.4 Å². The molecule has 4 heterocycles. The Morgan fingerprint density at radius 1 is 0.731 bits per heavy atom. The zero-order valence-corrected chi connectivity index (χ0v) is 15.5. The highest BCUT2D eigenvalue weighted by Gasteiger charge is 2.70. The minimum absolute atomic E-state index is 0.105. The zero-order valence-electron chi connectivity index (χ0n) is 15.5. The molecule has 0 unspecified atom stereocenters. The first-order valence-corrected chi connectivity index (χ1v) is 9.81. The summed E-state index contributed by atoms with van der Waals surface area (Å²) in [6.45, 7) is 2.29. The molecule has 2 aromatic carbocycles. The summed E-state index contributed by atoms with van der Waals surface area (Å²) < 4.78 is 0. The van der Waals surface area contributed by atoms with Gasteiger partial charge in [-0.05, 0) is 50.2 Å². The number of likely N-dealkylation sites (N-methyl/N-ethyl adjacent to an activating group) is 2. The van der Waals surface area contributed by atoms with Crippen LogP contribution in [0.25, 0.3) is 0 Å². The second kappa shape index (κ2) is 4.81. The molecule has 0 aromatic heterocycles. The van der Waals surface area contributed by atoms with E-state index in [0.717, 1.165) is 13.1 Å². The third-order valence-electron chi connectivity index (χ3n) is 7.73. The van der Waals surface area contributed by atoms with E-state index in [4.69, 9.17) is 0 Å². The van der Waals surface area contributed by atoms with Crippen LogP contribution in [0.15, 0.2) is 48.5 Å². The predicted molar refractivity (Wildman–Crippen MR) is 106 cm³/mol. The molecular weight excluding hydrogens is 320 g/mol. The van der Waals surface area contributed by atoms with Crippen LogP contribution in [0.5, 0.6) is 0 Å². The van der Waals surface area contributed by atoms with Crippen LogP contribution in [0, 0.1) is 0 Å². The van der Waals surface area contributed by atoms with Crippen molar-refractivity contribution in [3.05, 3.63) is 59.7 Å². The molecule has 4 atom stereocenters. The van der Waals surface area contributed by atoms with Crippen molar-refractivity contribution < 1.29 is 0 Å². The van der Waals surface area contributed by atoms with Crippen molar-refractivity contribution in [3.63, 3.8) is 0 Å². The van der Waals surface area contributed by atoms with Crippen molar-refractivity contribution in [2.45, 2.75) is 36.0 Å². The fourth-order valence-electron chi connectivity index (χ4n) is 6.73. The molecule has 0 radical (unpaired) electrons. The highest BCUT2D eigenvalue weighted by Crippen LogP contribution is 2.65. The predicted octanol–water partition coefficient (Wildman–Crippen LogP) is 3.04. The minimum Gasteiger partial charge on any atom is -0.369 e. The Morgan fingerprint density at radius 2 is 1.15 bits per heavy atom. The molecule has 0 saturated carbocycles. The van der Waals surface area contributed by atoms with E-state index >= 15 is 0 Å². The monoisotopic (exact) mass is 346 g/mol. The number of rotatable bonds is 1. The second-order valence-electron chi connectivity index (χ2n) is 8.59. The van der Waals surface area contributed by atoms with Gasteiger partial charge in [0.2, 0.25) is 0 Å². The molecule has 26 heavy (non-hydrogen) atoms. The van der Waals surface area contributed by atoms with Gasteiger partial charge >= 0.3 is 0 Å². The molecule has 2 saturated heterocycles. The Morgan fingerprint density at radius 3 is 1.62 bits per heavy atom. The Bertz CT molecular complexity index is 822. The van der Waals surface area contributed by atoms with Crippen molar-refractivity contribution in [2.24, 2.45) is 0 Å². The van der Waals surface area contributed by atoms with E-state index < -0.39 is 0 Å². The number of anilines is 2. The maximum atomic E-state index is 3.90. The van der Waals surface area contributed by atoms with Gasteiger partial charge in [0.1, 0.15) is 0 Å². The van der Waals surface area contributed by atoms with Gasteiger partial charge in [-0.3, -0.25) is 9.80 Å². The summed E-state index contributed by atoms with van der Waals surface area (Å²) in [5.41, 5.74) is 5.91. The van der Waals surface area contributed by atoms with Gasteiger partial charge in [-0.2, -0.15) is 0 Å². The summed E-state index contributed by atoms with van der Waals surface area (Å²) in [6, 6.07) is 18.1. The van der Waals surface area contributed by atoms with Gasteiger partial charge in [-0.25, -0.2) is 0 Å². The van der Waals surface area contributed by atoms with Gasteiger partial charge in [0.15, 0.2) is 0 Å². The number of nitrogens with one attached hydrogen (secondary N) is 2. The van der Waals surface area contributed by atoms with Gasteiger partial charge in [0, 0.05) is 35.3 Å². The van der Waals surface area contributed by atoms with E-state index in [-0.39, 0.29) is 10.8 Å². The van der Waals surface area contributed by atoms with Crippen LogP contribution >= 0.6 is 0 Å². The molecule has 4 heteroatoms. The van der Waals surface area contributed by atoms with Gasteiger partial charge in [0.25, 0.3) is 0 Å². The highest BCUT2D eigenvalue weighted by molar-refractivity contribution is 5.72. The SMILES string of the molecule is CN1CC[C@@]2([C@@]34CCN(C)[C@H]3Nc3ccccc34)c3ccccc3N[C@H]12. The van der Waals surface area contributed by atoms with E-state index in [1.807, 2.05) is 0 Å². The van der Waals surface area contributed by atoms with E-state index in [1.165, 1.54) is 35.3 Å². The largest absolute Gasteiger partial charge is 0.369 e. The Labute approximate surface area is 155 Å². The van der Waals surface area contributed by atoms with E-state index in [0.29, 0.717) is 12.3 Å². The minimum atomic E-state index is 0.105. The molecule has 4 aliphatic heterocycles. The normalized spacial score (nSPS) is 37.6. The van der Waals surface area contributed by atoms with Crippen LogP contribution in [0.1, 0.15) is 24.0 Å². The summed E-state index contributed by atoms with van der Waals surface area (Å²) in [7, 11) is 4.56. The van der Waals surface area contributed by atoms with Crippen LogP contribution in [0.2, 0.25) is 0 Å². The van der Waals surface area contributed by atoms with Gasteiger partial charge in [-0.15, -0.1) is 0 Å². The van der Waals surface area contributed by atoms with E-state index in [2.05, 4.69) is 83.1 Å². The molecule has 0 aliphatic carbocycles. The van der Waals surface area contributed by atoms with Gasteiger partial charge in [-0.1, -0.05) is 36.4 Å². The van der Waals surface area contributed by atoms with Crippen LogP contribution < -0.4 is 10.6 Å². The molecule has 2 fully saturated rings. The lowest BCUT2D eigenvalue weighted by atomic mass is 9.55. The topological polar surface area (TPSA) is 30.5 Å². The first kappa shape index (κ1) is 15.1. The molecule has 6 rings (SSSR count). The Hall–Kier alpha value is -2.04. The van der Waals surface area contributed by atoms with Crippen molar-refractivity contribution in [1.29, 1.82) is 0 Å². The summed E-state index contributed by atoms with van der Waals surface area (Å²) in [6.07, 6.45) is 3.14. The van der Waals surface area contributed by atoms with Crippen molar-refractivity contribution in [3.8, 4) is 0 Å². The molecular formula is C22H26N4. The van der Waals surface area contributed by atoms with Crippen LogP contribution in [-0.2, 0) is 10.8 Å². The van der Waals surface area contributed by atoms with Gasteiger partial charge < -0.3 is 10.6 Å². The Balaban J connectivity index is 1.68. The number of fused-ring (bicyclic) bond motifs is 7. The number of hydrogen-bond donors (Lipinski definition) is 2. The summed E-state index contributed by atoms with van der Waals surface area (Å²) in [5, 5.41) is 7.79. The average molecular weight is 346 g/mol. The molecule has 0 spiro atoms. The fourth-order valence-corrected chi connectivity index (χ4v) is 6.73. The maximum absolute atomic E-state index is 3.90. The first-order chi connectivity index (χ1) is 12.7. The molecule has 0 amide bonds. The molecule has 4 aliphatic rings. The number of likely N-dealkylation sites (tertiary alicyclic amines) is 2. The average Bonchev–Trinajstić information content (AvgIpc) is 3.36. The summed E-state index contributed by atoms with van der Waals surface area (Å²) in [4.78, 5) is 5.07. The quantitative estimate of drug-likeness (QED) is 0.831. The zero-order chi connectivity index (χ0) is 17.5. The third-order valence-corrected chi connectivity index (χ3v) is 7.73. The number of benzene rings is 2. The summed E-state index contributed by atoms with van der Waals surface area (Å²) in [5.74, 6) is 0. The van der Waals surface area contributed by atoms with Crippen LogP contribution in [-0.4, -0.2) is 49.3 Å². The molecule has 4 nitrogen and oxygen atoms in total.